The molecule has 0 saturated heterocycles. The number of ether oxygens (including phenoxy) is 1. The van der Waals surface area contributed by atoms with Crippen LogP contribution in [0.25, 0.3) is 5.82 Å². The molecular weight excluding hydrogens is 474 g/mol. The highest BCUT2D eigenvalue weighted by atomic mass is 16.5. The fraction of sp³-hybridized carbons (Fsp3) is 0.719. The van der Waals surface area contributed by atoms with E-state index < -0.39 is 5.60 Å². The zero-order valence-corrected chi connectivity index (χ0v) is 23.7. The molecule has 206 valence electrons. The van der Waals surface area contributed by atoms with Crippen molar-refractivity contribution in [1.29, 1.82) is 0 Å². The largest absolute Gasteiger partial charge is 0.387 e. The Labute approximate surface area is 227 Å². The number of pyridine rings is 1. The van der Waals surface area contributed by atoms with E-state index in [9.17, 15) is 9.90 Å². The number of Topliss-reactive ketones (excluding diaryl/α,β-unsaturated/α-hetero) is 1. The third-order valence-corrected chi connectivity index (χ3v) is 11.4. The number of methoxy groups -OCH3 is 1. The highest BCUT2D eigenvalue weighted by Gasteiger charge is 2.58. The van der Waals surface area contributed by atoms with E-state index in [2.05, 4.69) is 18.1 Å². The Bertz CT molecular complexity index is 1190. The average molecular weight is 520 g/mol. The summed E-state index contributed by atoms with van der Waals surface area (Å²) in [5.41, 5.74) is 2.45. The molecular formula is C32H45N3O3. The van der Waals surface area contributed by atoms with Crippen LogP contribution in [0, 0.1) is 54.8 Å². The van der Waals surface area contributed by atoms with Gasteiger partial charge in [0.2, 0.25) is 0 Å². The van der Waals surface area contributed by atoms with Crippen molar-refractivity contribution >= 4 is 5.78 Å². The van der Waals surface area contributed by atoms with E-state index in [1.807, 2.05) is 32.2 Å². The molecule has 8 atom stereocenters. The zero-order valence-electron chi connectivity index (χ0n) is 23.7. The molecule has 0 radical (unpaired) electrons. The summed E-state index contributed by atoms with van der Waals surface area (Å²) in [4.78, 5) is 18.6. The molecule has 0 unspecified atom stereocenters. The van der Waals surface area contributed by atoms with Crippen molar-refractivity contribution in [3.05, 3.63) is 41.3 Å². The lowest BCUT2D eigenvalue weighted by Crippen LogP contribution is -2.52. The van der Waals surface area contributed by atoms with Gasteiger partial charge in [-0.25, -0.2) is 9.67 Å². The first-order valence-electron chi connectivity index (χ1n) is 14.9. The van der Waals surface area contributed by atoms with Crippen LogP contribution >= 0.6 is 0 Å². The Morgan fingerprint density at radius 3 is 2.61 bits per heavy atom. The maximum absolute atomic E-state index is 13.8. The molecule has 6 rings (SSSR count). The molecule has 38 heavy (non-hydrogen) atoms. The van der Waals surface area contributed by atoms with Crippen LogP contribution in [-0.2, 0) is 16.0 Å². The lowest BCUT2D eigenvalue weighted by atomic mass is 9.49. The second-order valence-electron chi connectivity index (χ2n) is 13.5. The van der Waals surface area contributed by atoms with E-state index in [1.165, 1.54) is 32.1 Å². The van der Waals surface area contributed by atoms with E-state index in [-0.39, 0.29) is 11.3 Å². The van der Waals surface area contributed by atoms with Gasteiger partial charge in [0.15, 0.2) is 5.82 Å². The second-order valence-corrected chi connectivity index (χ2v) is 13.5. The van der Waals surface area contributed by atoms with Crippen LogP contribution < -0.4 is 0 Å². The van der Waals surface area contributed by atoms with E-state index in [4.69, 9.17) is 9.72 Å². The van der Waals surface area contributed by atoms with E-state index in [0.717, 1.165) is 66.2 Å². The number of nitrogens with zero attached hydrogens (tertiary/aromatic N) is 3. The van der Waals surface area contributed by atoms with Gasteiger partial charge in [0, 0.05) is 31.3 Å². The van der Waals surface area contributed by atoms with Gasteiger partial charge < -0.3 is 9.84 Å². The number of aryl methyl sites for hydroxylation is 2. The van der Waals surface area contributed by atoms with E-state index in [1.54, 1.807) is 11.8 Å². The summed E-state index contributed by atoms with van der Waals surface area (Å²) < 4.78 is 7.16. The highest BCUT2D eigenvalue weighted by molar-refractivity contribution is 5.84. The molecule has 0 bridgehead atoms. The van der Waals surface area contributed by atoms with Gasteiger partial charge in [-0.05, 0) is 124 Å². The Balaban J connectivity index is 1.14. The summed E-state index contributed by atoms with van der Waals surface area (Å²) in [7, 11) is 1.70. The van der Waals surface area contributed by atoms with Crippen molar-refractivity contribution in [2.45, 2.75) is 90.6 Å². The average Bonchev–Trinajstić information content (AvgIpc) is 3.47. The van der Waals surface area contributed by atoms with Crippen molar-refractivity contribution in [1.82, 2.24) is 14.8 Å². The van der Waals surface area contributed by atoms with Crippen LogP contribution in [-0.4, -0.2) is 45.0 Å². The van der Waals surface area contributed by atoms with Crippen molar-refractivity contribution in [2.24, 2.45) is 40.9 Å². The Kier molecular flexibility index (Phi) is 6.79. The first kappa shape index (κ1) is 26.2. The number of carbonyl (C=O) groups is 1. The maximum atomic E-state index is 13.8. The predicted octanol–water partition coefficient (Wildman–Crippen LogP) is 5.64. The summed E-state index contributed by atoms with van der Waals surface area (Å²) in [6, 6.07) is 6.04. The fourth-order valence-corrected chi connectivity index (χ4v) is 9.64. The number of aliphatic hydroxyl groups is 1. The van der Waals surface area contributed by atoms with Gasteiger partial charge in [0.05, 0.1) is 17.9 Å². The number of ketones is 1. The normalized spacial score (nSPS) is 38.3. The first-order valence-corrected chi connectivity index (χ1v) is 14.9. The minimum absolute atomic E-state index is 0.129. The van der Waals surface area contributed by atoms with Crippen LogP contribution in [0.5, 0.6) is 0 Å². The molecule has 4 fully saturated rings. The van der Waals surface area contributed by atoms with Crippen LogP contribution in [0.3, 0.4) is 0 Å². The number of rotatable bonds is 6. The van der Waals surface area contributed by atoms with E-state index in [0.29, 0.717) is 30.6 Å². The van der Waals surface area contributed by atoms with Gasteiger partial charge >= 0.3 is 0 Å². The number of fused-ring (bicyclic) bond motifs is 5. The van der Waals surface area contributed by atoms with Crippen LogP contribution in [0.15, 0.2) is 24.4 Å². The molecule has 4 aliphatic carbocycles. The minimum atomic E-state index is -0.626. The third kappa shape index (κ3) is 4.46. The lowest BCUT2D eigenvalue weighted by molar-refractivity contribution is -0.135. The second kappa shape index (κ2) is 9.85. The number of carbonyl (C=O) groups excluding carboxylic acids is 1. The summed E-state index contributed by atoms with van der Waals surface area (Å²) in [6.45, 7) is 6.91. The molecule has 2 aromatic heterocycles. The van der Waals surface area contributed by atoms with Gasteiger partial charge in [-0.15, -0.1) is 0 Å². The molecule has 0 amide bonds. The Hall–Kier alpha value is -2.05. The number of hydrogen-bond donors (Lipinski definition) is 1. The first-order chi connectivity index (χ1) is 18.2. The van der Waals surface area contributed by atoms with Gasteiger partial charge in [-0.1, -0.05) is 13.0 Å². The number of hydrogen-bond acceptors (Lipinski definition) is 5. The summed E-state index contributed by atoms with van der Waals surface area (Å²) >= 11 is 0. The van der Waals surface area contributed by atoms with Gasteiger partial charge in [0.25, 0.3) is 0 Å². The molecule has 0 spiro atoms. The summed E-state index contributed by atoms with van der Waals surface area (Å²) in [6.07, 6.45) is 12.5. The molecule has 2 heterocycles. The number of aromatic nitrogens is 3. The highest BCUT2D eigenvalue weighted by Crippen LogP contribution is 2.64. The zero-order chi connectivity index (χ0) is 26.7. The SMILES string of the molecule is COC[C@@]1(O)CC[C@H]2[C@H](CC[C@@H]3[C@@H]2CC[C@]2(C)[C@@H](C(=O)Cc4ccc(-n5ccc(C)n5)nc4C)CC[C@@H]32)C1. The molecule has 4 aliphatic rings. The van der Waals surface area contributed by atoms with Crippen molar-refractivity contribution < 1.29 is 14.6 Å². The standard InChI is InChI=1S/C32H45N3O3/c1-20-13-16-35(34-20)30-10-6-22(21(2)33-30)17-29(36)28-9-8-27-26-7-5-23-18-32(37,19-38-4)15-12-24(23)25(26)11-14-31(27,28)3/h6,10,13,16,23-28,37H,5,7-9,11-12,14-15,17-19H2,1-4H3/t23-,24+,25-,26-,27+,28-,31+,32-/m1/s1. The molecule has 1 N–H and O–H groups in total. The fourth-order valence-electron chi connectivity index (χ4n) is 9.64. The Morgan fingerprint density at radius 2 is 1.87 bits per heavy atom. The topological polar surface area (TPSA) is 77.2 Å². The van der Waals surface area contributed by atoms with Crippen LogP contribution in [0.4, 0.5) is 0 Å². The summed E-state index contributed by atoms with van der Waals surface area (Å²) in [5, 5.41) is 15.5. The monoisotopic (exact) mass is 519 g/mol. The minimum Gasteiger partial charge on any atom is -0.387 e. The Morgan fingerprint density at radius 1 is 1.05 bits per heavy atom. The molecule has 0 aliphatic heterocycles. The van der Waals surface area contributed by atoms with Crippen molar-refractivity contribution in [2.75, 3.05) is 13.7 Å². The third-order valence-electron chi connectivity index (χ3n) is 11.4. The lowest BCUT2D eigenvalue weighted by Gasteiger charge is -2.57. The molecule has 0 aromatic carbocycles. The van der Waals surface area contributed by atoms with Crippen molar-refractivity contribution in [3.8, 4) is 5.82 Å². The molecule has 6 heteroatoms. The smallest absolute Gasteiger partial charge is 0.153 e. The van der Waals surface area contributed by atoms with Crippen LogP contribution in [0.2, 0.25) is 0 Å². The predicted molar refractivity (Wildman–Crippen MR) is 147 cm³/mol. The maximum Gasteiger partial charge on any atom is 0.153 e. The van der Waals surface area contributed by atoms with Crippen molar-refractivity contribution in [3.63, 3.8) is 0 Å². The van der Waals surface area contributed by atoms with Gasteiger partial charge in [0.1, 0.15) is 5.78 Å². The van der Waals surface area contributed by atoms with Crippen LogP contribution in [0.1, 0.15) is 81.7 Å². The van der Waals surface area contributed by atoms with Gasteiger partial charge in [-0.2, -0.15) is 5.10 Å². The van der Waals surface area contributed by atoms with E-state index >= 15 is 0 Å². The summed E-state index contributed by atoms with van der Waals surface area (Å²) in [5.74, 6) is 4.96. The van der Waals surface area contributed by atoms with Gasteiger partial charge in [-0.3, -0.25) is 4.79 Å². The molecule has 6 nitrogen and oxygen atoms in total. The molecule has 4 saturated carbocycles. The molecule has 2 aromatic rings. The quantitative estimate of drug-likeness (QED) is 0.534.